The van der Waals surface area contributed by atoms with E-state index in [1.165, 1.54) is 0 Å². The van der Waals surface area contributed by atoms with Crippen molar-refractivity contribution in [2.75, 3.05) is 13.2 Å². The molecule has 0 aliphatic rings. The monoisotopic (exact) mass is 182 g/mol. The standard InChI is InChI=1S/C6H14O6/c7-1-3(9)5(11)6(12)4(10)2-8/h3-12H,1-2H2/t3-,4+,5-,6+. The molecule has 0 aromatic carbocycles. The minimum Gasteiger partial charge on any atom is -0.394 e. The van der Waals surface area contributed by atoms with Crippen LogP contribution in [0.25, 0.3) is 0 Å². The van der Waals surface area contributed by atoms with Crippen LogP contribution in [0.15, 0.2) is 0 Å². The second kappa shape index (κ2) is 5.41. The van der Waals surface area contributed by atoms with Crippen molar-refractivity contribution in [3.63, 3.8) is 0 Å². The molecule has 0 saturated carbocycles. The van der Waals surface area contributed by atoms with Crippen LogP contribution in [-0.2, 0) is 0 Å². The molecule has 74 valence electrons. The Morgan fingerprint density at radius 3 is 1.08 bits per heavy atom. The van der Waals surface area contributed by atoms with Crippen molar-refractivity contribution in [2.45, 2.75) is 24.4 Å². The molecule has 6 heteroatoms. The smallest absolute Gasteiger partial charge is 0.111 e. The van der Waals surface area contributed by atoms with Gasteiger partial charge >= 0.3 is 0 Å². The highest BCUT2D eigenvalue weighted by atomic mass is 16.4. The predicted octanol–water partition coefficient (Wildman–Crippen LogP) is -3.59. The minimum absolute atomic E-state index is 0.726. The van der Waals surface area contributed by atoms with E-state index in [1.807, 2.05) is 0 Å². The van der Waals surface area contributed by atoms with E-state index in [4.69, 9.17) is 30.6 Å². The van der Waals surface area contributed by atoms with Gasteiger partial charge in [-0.05, 0) is 0 Å². The van der Waals surface area contributed by atoms with Crippen molar-refractivity contribution in [2.24, 2.45) is 0 Å². The van der Waals surface area contributed by atoms with Crippen molar-refractivity contribution in [1.82, 2.24) is 0 Å². The molecule has 0 aliphatic heterocycles. The SMILES string of the molecule is OC[C@@H](O)[C@@H](O)[C@@H](O)[C@@H](O)CO. The number of aliphatic hydroxyl groups excluding tert-OH is 6. The normalized spacial score (nSPS) is 21.5. The van der Waals surface area contributed by atoms with Gasteiger partial charge < -0.3 is 30.6 Å². The summed E-state index contributed by atoms with van der Waals surface area (Å²) >= 11 is 0. The van der Waals surface area contributed by atoms with Gasteiger partial charge in [-0.25, -0.2) is 0 Å². The molecule has 0 aliphatic carbocycles. The molecule has 0 bridgehead atoms. The lowest BCUT2D eigenvalue weighted by molar-refractivity contribution is -0.123. The van der Waals surface area contributed by atoms with Crippen LogP contribution in [0.1, 0.15) is 0 Å². The predicted molar refractivity (Wildman–Crippen MR) is 38.2 cm³/mol. The highest BCUT2D eigenvalue weighted by Gasteiger charge is 2.29. The van der Waals surface area contributed by atoms with Crippen LogP contribution in [0.2, 0.25) is 0 Å². The van der Waals surface area contributed by atoms with Crippen LogP contribution >= 0.6 is 0 Å². The maximum Gasteiger partial charge on any atom is 0.111 e. The highest BCUT2D eigenvalue weighted by Crippen LogP contribution is 2.03. The third kappa shape index (κ3) is 3.02. The first-order valence-corrected chi connectivity index (χ1v) is 3.48. The average Bonchev–Trinajstić information content (AvgIpc) is 2.12. The van der Waals surface area contributed by atoms with Gasteiger partial charge in [0.2, 0.25) is 0 Å². The number of hydrogen-bond donors (Lipinski definition) is 6. The lowest BCUT2D eigenvalue weighted by Crippen LogP contribution is -2.46. The van der Waals surface area contributed by atoms with Crippen LogP contribution in [-0.4, -0.2) is 68.3 Å². The molecule has 0 spiro atoms. The van der Waals surface area contributed by atoms with E-state index in [1.54, 1.807) is 0 Å². The number of aliphatic hydroxyl groups is 6. The van der Waals surface area contributed by atoms with Gasteiger partial charge in [-0.3, -0.25) is 0 Å². The van der Waals surface area contributed by atoms with Gasteiger partial charge in [-0.1, -0.05) is 0 Å². The Labute approximate surface area is 69.3 Å². The van der Waals surface area contributed by atoms with E-state index >= 15 is 0 Å². The maximum absolute atomic E-state index is 8.96. The van der Waals surface area contributed by atoms with Crippen molar-refractivity contribution < 1.29 is 30.6 Å². The molecule has 0 heterocycles. The summed E-state index contributed by atoms with van der Waals surface area (Å²) in [6, 6.07) is 0. The summed E-state index contributed by atoms with van der Waals surface area (Å²) in [5.41, 5.74) is 0. The van der Waals surface area contributed by atoms with Gasteiger partial charge in [0, 0.05) is 0 Å². The molecular weight excluding hydrogens is 168 g/mol. The fraction of sp³-hybridized carbons (Fsp3) is 1.00. The molecule has 6 nitrogen and oxygen atoms in total. The van der Waals surface area contributed by atoms with Crippen LogP contribution in [0, 0.1) is 0 Å². The maximum atomic E-state index is 8.96. The van der Waals surface area contributed by atoms with Crippen LogP contribution in [0.4, 0.5) is 0 Å². The second-order valence-electron chi connectivity index (χ2n) is 2.48. The quantitative estimate of drug-likeness (QED) is 0.261. The third-order valence-corrected chi connectivity index (χ3v) is 1.51. The Morgan fingerprint density at radius 2 is 0.917 bits per heavy atom. The summed E-state index contributed by atoms with van der Waals surface area (Å²) in [5, 5.41) is 52.2. The van der Waals surface area contributed by atoms with Gasteiger partial charge in [0.05, 0.1) is 13.2 Å². The van der Waals surface area contributed by atoms with Gasteiger partial charge in [0.15, 0.2) is 0 Å². The molecule has 4 atom stereocenters. The largest absolute Gasteiger partial charge is 0.394 e. The minimum atomic E-state index is -1.67. The van der Waals surface area contributed by atoms with Gasteiger partial charge in [-0.15, -0.1) is 0 Å². The van der Waals surface area contributed by atoms with Crippen LogP contribution in [0.3, 0.4) is 0 Å². The van der Waals surface area contributed by atoms with Crippen LogP contribution < -0.4 is 0 Å². The molecular formula is C6H14O6. The Balaban J connectivity index is 3.99. The summed E-state index contributed by atoms with van der Waals surface area (Å²) in [6.07, 6.45) is -6.39. The molecule has 6 N–H and O–H groups in total. The molecule has 0 amide bonds. The first-order valence-electron chi connectivity index (χ1n) is 3.48. The molecule has 0 aromatic rings. The van der Waals surface area contributed by atoms with Crippen molar-refractivity contribution in [3.05, 3.63) is 0 Å². The van der Waals surface area contributed by atoms with E-state index in [-0.39, 0.29) is 0 Å². The Kier molecular flexibility index (Phi) is 5.31. The summed E-state index contributed by atoms with van der Waals surface area (Å²) < 4.78 is 0. The average molecular weight is 182 g/mol. The highest BCUT2D eigenvalue weighted by molar-refractivity contribution is 4.79. The molecule has 0 rings (SSSR count). The number of rotatable bonds is 5. The zero-order valence-electron chi connectivity index (χ0n) is 6.41. The molecule has 0 unspecified atom stereocenters. The van der Waals surface area contributed by atoms with Gasteiger partial charge in [0.25, 0.3) is 0 Å². The van der Waals surface area contributed by atoms with Gasteiger partial charge in [-0.2, -0.15) is 0 Å². The topological polar surface area (TPSA) is 121 Å². The lowest BCUT2D eigenvalue weighted by Gasteiger charge is -2.24. The molecule has 0 aromatic heterocycles. The van der Waals surface area contributed by atoms with E-state index in [9.17, 15) is 0 Å². The number of hydrogen-bond acceptors (Lipinski definition) is 6. The van der Waals surface area contributed by atoms with Gasteiger partial charge in [0.1, 0.15) is 24.4 Å². The van der Waals surface area contributed by atoms with E-state index in [2.05, 4.69) is 0 Å². The summed E-state index contributed by atoms with van der Waals surface area (Å²) in [6.45, 7) is -1.45. The van der Waals surface area contributed by atoms with E-state index in [0.717, 1.165) is 0 Å². The Morgan fingerprint density at radius 1 is 0.667 bits per heavy atom. The first-order chi connectivity index (χ1) is 5.54. The van der Waals surface area contributed by atoms with Crippen molar-refractivity contribution >= 4 is 0 Å². The fourth-order valence-electron chi connectivity index (χ4n) is 0.671. The van der Waals surface area contributed by atoms with Crippen molar-refractivity contribution in [1.29, 1.82) is 0 Å². The Hall–Kier alpha value is -0.240. The molecule has 0 radical (unpaired) electrons. The second-order valence-corrected chi connectivity index (χ2v) is 2.48. The van der Waals surface area contributed by atoms with Crippen LogP contribution in [0.5, 0.6) is 0 Å². The molecule has 0 saturated heterocycles. The third-order valence-electron chi connectivity index (χ3n) is 1.51. The van der Waals surface area contributed by atoms with E-state index < -0.39 is 37.6 Å². The zero-order chi connectivity index (χ0) is 9.72. The summed E-state index contributed by atoms with van der Waals surface area (Å²) in [7, 11) is 0. The zero-order valence-corrected chi connectivity index (χ0v) is 6.41. The summed E-state index contributed by atoms with van der Waals surface area (Å²) in [5.74, 6) is 0. The fourth-order valence-corrected chi connectivity index (χ4v) is 0.671. The first kappa shape index (κ1) is 11.8. The van der Waals surface area contributed by atoms with E-state index in [0.29, 0.717) is 0 Å². The Bertz CT molecular complexity index is 105. The molecule has 0 fully saturated rings. The lowest BCUT2D eigenvalue weighted by atomic mass is 10.0. The van der Waals surface area contributed by atoms with Crippen molar-refractivity contribution in [3.8, 4) is 0 Å². The summed E-state index contributed by atoms with van der Waals surface area (Å²) in [4.78, 5) is 0. The molecule has 12 heavy (non-hydrogen) atoms.